The van der Waals surface area contributed by atoms with E-state index in [1.54, 1.807) is 25.1 Å². The maximum atomic E-state index is 13.7. The van der Waals surface area contributed by atoms with Gasteiger partial charge < -0.3 is 4.74 Å². The largest absolute Gasteiger partial charge is 0.464 e. The number of rotatable bonds is 4. The second-order valence-electron chi connectivity index (χ2n) is 2.86. The summed E-state index contributed by atoms with van der Waals surface area (Å²) in [4.78, 5) is 12.0. The Kier molecular flexibility index (Phi) is 4.62. The van der Waals surface area contributed by atoms with E-state index in [2.05, 4.69) is 4.74 Å². The summed E-state index contributed by atoms with van der Waals surface area (Å²) in [6.45, 7) is 1.85. The molecule has 4 heteroatoms. The lowest BCUT2D eigenvalue weighted by molar-refractivity contribution is -0.149. The Morgan fingerprint density at radius 2 is 2.20 bits per heavy atom. The monoisotopic (exact) mass is 228 g/mol. The van der Waals surface area contributed by atoms with Gasteiger partial charge in [0.15, 0.2) is 0 Å². The SMILES string of the molecule is CCOC(=O)C(F)c1ccccc1SC. The summed E-state index contributed by atoms with van der Waals surface area (Å²) in [5.41, 5.74) is 0.378. The number of hydrogen-bond acceptors (Lipinski definition) is 3. The van der Waals surface area contributed by atoms with E-state index in [1.165, 1.54) is 11.8 Å². The van der Waals surface area contributed by atoms with Crippen LogP contribution in [-0.4, -0.2) is 18.8 Å². The molecule has 0 aliphatic heterocycles. The molecule has 82 valence electrons. The summed E-state index contributed by atoms with van der Waals surface area (Å²) < 4.78 is 18.3. The van der Waals surface area contributed by atoms with Gasteiger partial charge in [0.1, 0.15) is 0 Å². The highest BCUT2D eigenvalue weighted by Gasteiger charge is 2.23. The fraction of sp³-hybridized carbons (Fsp3) is 0.364. The Balaban J connectivity index is 2.89. The van der Waals surface area contributed by atoms with Crippen LogP contribution in [0.5, 0.6) is 0 Å². The minimum Gasteiger partial charge on any atom is -0.464 e. The average Bonchev–Trinajstić information content (AvgIpc) is 2.28. The van der Waals surface area contributed by atoms with Crippen LogP contribution in [0.2, 0.25) is 0 Å². The molecule has 0 spiro atoms. The van der Waals surface area contributed by atoms with E-state index < -0.39 is 12.1 Å². The first kappa shape index (κ1) is 12.0. The number of halogens is 1. The molecule has 0 amide bonds. The molecular weight excluding hydrogens is 215 g/mol. The molecule has 0 N–H and O–H groups in total. The zero-order chi connectivity index (χ0) is 11.3. The highest BCUT2D eigenvalue weighted by molar-refractivity contribution is 7.98. The lowest BCUT2D eigenvalue weighted by atomic mass is 10.1. The molecule has 0 fully saturated rings. The van der Waals surface area contributed by atoms with Gasteiger partial charge >= 0.3 is 5.97 Å². The number of esters is 1. The van der Waals surface area contributed by atoms with Crippen molar-refractivity contribution in [3.8, 4) is 0 Å². The molecule has 0 aliphatic rings. The second kappa shape index (κ2) is 5.75. The van der Waals surface area contributed by atoms with Crippen molar-refractivity contribution in [3.05, 3.63) is 29.8 Å². The van der Waals surface area contributed by atoms with Gasteiger partial charge in [-0.05, 0) is 19.2 Å². The maximum Gasteiger partial charge on any atom is 0.345 e. The topological polar surface area (TPSA) is 26.3 Å². The van der Waals surface area contributed by atoms with Crippen molar-refractivity contribution < 1.29 is 13.9 Å². The third-order valence-corrected chi connectivity index (χ3v) is 2.72. The van der Waals surface area contributed by atoms with Crippen LogP contribution in [-0.2, 0) is 9.53 Å². The molecule has 1 rings (SSSR count). The Morgan fingerprint density at radius 3 is 2.80 bits per heavy atom. The molecule has 1 unspecified atom stereocenters. The Bertz CT molecular complexity index is 341. The minimum atomic E-state index is -1.69. The molecule has 0 heterocycles. The average molecular weight is 228 g/mol. The quantitative estimate of drug-likeness (QED) is 0.585. The van der Waals surface area contributed by atoms with Crippen LogP contribution in [0.1, 0.15) is 18.7 Å². The molecule has 1 aromatic carbocycles. The number of carbonyl (C=O) groups excluding carboxylic acids is 1. The number of thioether (sulfide) groups is 1. The molecule has 0 aromatic heterocycles. The highest BCUT2D eigenvalue weighted by atomic mass is 32.2. The van der Waals surface area contributed by atoms with E-state index >= 15 is 0 Å². The van der Waals surface area contributed by atoms with Crippen LogP contribution >= 0.6 is 11.8 Å². The zero-order valence-corrected chi connectivity index (χ0v) is 9.51. The van der Waals surface area contributed by atoms with Crippen molar-refractivity contribution in [3.63, 3.8) is 0 Å². The predicted molar refractivity (Wildman–Crippen MR) is 58.7 cm³/mol. The molecule has 2 nitrogen and oxygen atoms in total. The molecule has 0 saturated heterocycles. The van der Waals surface area contributed by atoms with Gasteiger partial charge in [-0.1, -0.05) is 18.2 Å². The van der Waals surface area contributed by atoms with Crippen molar-refractivity contribution in [2.75, 3.05) is 12.9 Å². The Morgan fingerprint density at radius 1 is 1.53 bits per heavy atom. The van der Waals surface area contributed by atoms with Crippen molar-refractivity contribution in [1.29, 1.82) is 0 Å². The molecule has 0 bridgehead atoms. The van der Waals surface area contributed by atoms with Crippen LogP contribution in [0.15, 0.2) is 29.2 Å². The van der Waals surface area contributed by atoms with Crippen LogP contribution < -0.4 is 0 Å². The van der Waals surface area contributed by atoms with Gasteiger partial charge in [-0.15, -0.1) is 11.8 Å². The molecule has 0 saturated carbocycles. The van der Waals surface area contributed by atoms with Crippen LogP contribution in [0, 0.1) is 0 Å². The maximum absolute atomic E-state index is 13.7. The number of carbonyl (C=O) groups is 1. The molecule has 1 atom stereocenters. The Hall–Kier alpha value is -1.03. The van der Waals surface area contributed by atoms with E-state index in [0.29, 0.717) is 5.56 Å². The number of benzene rings is 1. The summed E-state index contributed by atoms with van der Waals surface area (Å²) in [7, 11) is 0. The summed E-state index contributed by atoms with van der Waals surface area (Å²) in [6.07, 6.45) is 0.157. The predicted octanol–water partition coefficient (Wildman–Crippen LogP) is 2.98. The van der Waals surface area contributed by atoms with Crippen molar-refractivity contribution >= 4 is 17.7 Å². The first-order chi connectivity index (χ1) is 7.20. The fourth-order valence-electron chi connectivity index (χ4n) is 1.22. The number of alkyl halides is 1. The van der Waals surface area contributed by atoms with Gasteiger partial charge in [0.2, 0.25) is 6.17 Å². The smallest absolute Gasteiger partial charge is 0.345 e. The van der Waals surface area contributed by atoms with Gasteiger partial charge in [0, 0.05) is 10.5 Å². The van der Waals surface area contributed by atoms with Gasteiger partial charge in [-0.3, -0.25) is 0 Å². The summed E-state index contributed by atoms with van der Waals surface area (Å²) in [6, 6.07) is 6.91. The van der Waals surface area contributed by atoms with Crippen LogP contribution in [0.4, 0.5) is 4.39 Å². The van der Waals surface area contributed by atoms with Crippen molar-refractivity contribution in [2.45, 2.75) is 18.0 Å². The van der Waals surface area contributed by atoms with Gasteiger partial charge in [0.25, 0.3) is 0 Å². The normalized spacial score (nSPS) is 12.2. The van der Waals surface area contributed by atoms with E-state index in [9.17, 15) is 9.18 Å². The van der Waals surface area contributed by atoms with E-state index in [-0.39, 0.29) is 6.61 Å². The standard InChI is InChI=1S/C11H13FO2S/c1-3-14-11(13)10(12)8-6-4-5-7-9(8)15-2/h4-7,10H,3H2,1-2H3. The molecule has 0 aliphatic carbocycles. The number of hydrogen-bond donors (Lipinski definition) is 0. The zero-order valence-electron chi connectivity index (χ0n) is 8.70. The van der Waals surface area contributed by atoms with Crippen molar-refractivity contribution in [2.24, 2.45) is 0 Å². The third-order valence-electron chi connectivity index (χ3n) is 1.91. The van der Waals surface area contributed by atoms with E-state index in [0.717, 1.165) is 4.90 Å². The highest BCUT2D eigenvalue weighted by Crippen LogP contribution is 2.28. The summed E-state index contributed by atoms with van der Waals surface area (Å²) in [5, 5.41) is 0. The van der Waals surface area contributed by atoms with Crippen LogP contribution in [0.25, 0.3) is 0 Å². The van der Waals surface area contributed by atoms with E-state index in [1.807, 2.05) is 12.3 Å². The number of ether oxygens (including phenoxy) is 1. The van der Waals surface area contributed by atoms with Crippen molar-refractivity contribution in [1.82, 2.24) is 0 Å². The molecular formula is C11H13FO2S. The van der Waals surface area contributed by atoms with Gasteiger partial charge in [-0.25, -0.2) is 9.18 Å². The summed E-state index contributed by atoms with van der Waals surface area (Å²) in [5.74, 6) is -0.820. The van der Waals surface area contributed by atoms with Gasteiger partial charge in [-0.2, -0.15) is 0 Å². The van der Waals surface area contributed by atoms with Gasteiger partial charge in [0.05, 0.1) is 6.61 Å². The Labute approximate surface area is 92.8 Å². The molecule has 0 radical (unpaired) electrons. The lowest BCUT2D eigenvalue weighted by Gasteiger charge is -2.10. The van der Waals surface area contributed by atoms with E-state index in [4.69, 9.17) is 0 Å². The molecule has 15 heavy (non-hydrogen) atoms. The fourth-order valence-corrected chi connectivity index (χ4v) is 1.84. The minimum absolute atomic E-state index is 0.195. The first-order valence-electron chi connectivity index (χ1n) is 4.64. The third kappa shape index (κ3) is 2.96. The van der Waals surface area contributed by atoms with Crippen LogP contribution in [0.3, 0.4) is 0 Å². The molecule has 1 aromatic rings. The first-order valence-corrected chi connectivity index (χ1v) is 5.86. The second-order valence-corrected chi connectivity index (χ2v) is 3.70. The summed E-state index contributed by atoms with van der Waals surface area (Å²) >= 11 is 1.41. The lowest BCUT2D eigenvalue weighted by Crippen LogP contribution is -2.12.